The first-order valence-corrected chi connectivity index (χ1v) is 8.70. The molecule has 0 aromatic heterocycles. The average Bonchev–Trinajstić information content (AvgIpc) is 2.82. The van der Waals surface area contributed by atoms with Crippen molar-refractivity contribution < 1.29 is 14.6 Å². The maximum Gasteiger partial charge on any atom is 0.188 e. The van der Waals surface area contributed by atoms with Gasteiger partial charge in [0.1, 0.15) is 5.78 Å². The smallest absolute Gasteiger partial charge is 0.188 e. The molecule has 3 fully saturated rings. The zero-order chi connectivity index (χ0) is 15.5. The minimum absolute atomic E-state index is 0.0507. The van der Waals surface area contributed by atoms with E-state index in [2.05, 4.69) is 13.0 Å². The SMILES string of the molecule is COC1(O)C=C2CC[C@@H]3[C@H](CC[C@]4(C)C(=O)CC[C@@H]34)C2=CC1. The zero-order valence-electron chi connectivity index (χ0n) is 13.6. The molecule has 120 valence electrons. The summed E-state index contributed by atoms with van der Waals surface area (Å²) in [6.45, 7) is 2.22. The summed E-state index contributed by atoms with van der Waals surface area (Å²) in [6.07, 6.45) is 10.9. The third-order valence-electron chi connectivity index (χ3n) is 7.03. The summed E-state index contributed by atoms with van der Waals surface area (Å²) in [5, 5.41) is 10.4. The Morgan fingerprint density at radius 1 is 1.27 bits per heavy atom. The fourth-order valence-corrected chi connectivity index (χ4v) is 5.72. The number of hydrogen-bond donors (Lipinski definition) is 1. The van der Waals surface area contributed by atoms with E-state index in [0.717, 1.165) is 38.5 Å². The fourth-order valence-electron chi connectivity index (χ4n) is 5.72. The number of carbonyl (C=O) groups excluding carboxylic acids is 1. The molecule has 4 aliphatic rings. The van der Waals surface area contributed by atoms with E-state index in [4.69, 9.17) is 4.74 Å². The van der Waals surface area contributed by atoms with E-state index in [1.165, 1.54) is 11.1 Å². The number of ether oxygens (including phenoxy) is 1. The van der Waals surface area contributed by atoms with Gasteiger partial charge in [-0.3, -0.25) is 4.79 Å². The predicted octanol–water partition coefficient (Wildman–Crippen LogP) is 3.38. The molecule has 3 heteroatoms. The molecule has 22 heavy (non-hydrogen) atoms. The van der Waals surface area contributed by atoms with Crippen molar-refractivity contribution in [3.63, 3.8) is 0 Å². The number of carbonyl (C=O) groups is 1. The lowest BCUT2D eigenvalue weighted by molar-refractivity contribution is -0.144. The topological polar surface area (TPSA) is 46.5 Å². The summed E-state index contributed by atoms with van der Waals surface area (Å²) < 4.78 is 5.25. The zero-order valence-corrected chi connectivity index (χ0v) is 13.6. The van der Waals surface area contributed by atoms with E-state index in [-0.39, 0.29) is 5.41 Å². The summed E-state index contributed by atoms with van der Waals surface area (Å²) in [7, 11) is 1.57. The van der Waals surface area contributed by atoms with Crippen LogP contribution in [0.15, 0.2) is 23.3 Å². The van der Waals surface area contributed by atoms with Crippen LogP contribution in [0.5, 0.6) is 0 Å². The van der Waals surface area contributed by atoms with Gasteiger partial charge in [0.15, 0.2) is 5.79 Å². The van der Waals surface area contributed by atoms with E-state index < -0.39 is 5.79 Å². The Labute approximate surface area is 132 Å². The van der Waals surface area contributed by atoms with Crippen LogP contribution >= 0.6 is 0 Å². The highest BCUT2D eigenvalue weighted by Gasteiger charge is 2.55. The van der Waals surface area contributed by atoms with E-state index in [0.29, 0.717) is 30.0 Å². The quantitative estimate of drug-likeness (QED) is 0.755. The lowest BCUT2D eigenvalue weighted by atomic mass is 9.54. The molecule has 0 heterocycles. The summed E-state index contributed by atoms with van der Waals surface area (Å²) in [5.41, 5.74) is 2.68. The van der Waals surface area contributed by atoms with Crippen LogP contribution in [-0.4, -0.2) is 23.8 Å². The largest absolute Gasteiger partial charge is 0.362 e. The Balaban J connectivity index is 1.64. The van der Waals surface area contributed by atoms with Crippen LogP contribution in [0.1, 0.15) is 51.9 Å². The van der Waals surface area contributed by atoms with Crippen molar-refractivity contribution in [2.24, 2.45) is 23.2 Å². The highest BCUT2D eigenvalue weighted by molar-refractivity contribution is 5.87. The van der Waals surface area contributed by atoms with Crippen LogP contribution in [0.4, 0.5) is 0 Å². The predicted molar refractivity (Wildman–Crippen MR) is 84.0 cm³/mol. The highest BCUT2D eigenvalue weighted by atomic mass is 16.6. The van der Waals surface area contributed by atoms with Gasteiger partial charge >= 0.3 is 0 Å². The van der Waals surface area contributed by atoms with Crippen molar-refractivity contribution in [2.45, 2.75) is 57.7 Å². The van der Waals surface area contributed by atoms with E-state index >= 15 is 0 Å². The van der Waals surface area contributed by atoms with Crippen LogP contribution < -0.4 is 0 Å². The number of hydrogen-bond acceptors (Lipinski definition) is 3. The highest BCUT2D eigenvalue weighted by Crippen LogP contribution is 2.60. The molecular formula is C19H26O3. The van der Waals surface area contributed by atoms with Crippen LogP contribution in [0.2, 0.25) is 0 Å². The lowest BCUT2D eigenvalue weighted by Crippen LogP contribution is -2.44. The Morgan fingerprint density at radius 3 is 2.86 bits per heavy atom. The van der Waals surface area contributed by atoms with Crippen molar-refractivity contribution in [2.75, 3.05) is 7.11 Å². The van der Waals surface area contributed by atoms with Gasteiger partial charge in [-0.05, 0) is 67.1 Å². The molecule has 0 aromatic carbocycles. The minimum Gasteiger partial charge on any atom is -0.362 e. The Morgan fingerprint density at radius 2 is 2.09 bits per heavy atom. The van der Waals surface area contributed by atoms with Gasteiger partial charge in [-0.25, -0.2) is 0 Å². The molecule has 5 atom stereocenters. The first-order valence-electron chi connectivity index (χ1n) is 8.70. The van der Waals surface area contributed by atoms with Crippen molar-refractivity contribution >= 4 is 5.78 Å². The Hall–Kier alpha value is -0.930. The standard InChI is InChI=1S/C19H26O3/c1-18-9-7-14-13-8-10-19(21,22-2)11-12(13)3-4-15(14)16(18)5-6-17(18)20/h8,11,14-16,21H,3-7,9-10H2,1-2H3/t14-,15-,16+,18+,19?/m1/s1. The van der Waals surface area contributed by atoms with Crippen LogP contribution in [0.25, 0.3) is 0 Å². The van der Waals surface area contributed by atoms with Crippen LogP contribution in [0.3, 0.4) is 0 Å². The first-order chi connectivity index (χ1) is 10.5. The monoisotopic (exact) mass is 302 g/mol. The van der Waals surface area contributed by atoms with Gasteiger partial charge < -0.3 is 9.84 Å². The molecular weight excluding hydrogens is 276 g/mol. The van der Waals surface area contributed by atoms with Gasteiger partial charge in [0, 0.05) is 25.4 Å². The molecule has 3 saturated carbocycles. The maximum atomic E-state index is 12.3. The fraction of sp³-hybridized carbons (Fsp3) is 0.737. The number of Topliss-reactive ketones (excluding diaryl/α,β-unsaturated/α-hetero) is 1. The summed E-state index contributed by atoms with van der Waals surface area (Å²) in [6, 6.07) is 0. The molecule has 0 aromatic rings. The molecule has 0 amide bonds. The molecule has 0 radical (unpaired) electrons. The molecule has 4 rings (SSSR count). The number of rotatable bonds is 1. The van der Waals surface area contributed by atoms with Gasteiger partial charge in [-0.1, -0.05) is 13.0 Å². The number of allylic oxidation sites excluding steroid dienone is 2. The molecule has 1 unspecified atom stereocenters. The van der Waals surface area contributed by atoms with Crippen molar-refractivity contribution in [1.29, 1.82) is 0 Å². The minimum atomic E-state index is -1.11. The van der Waals surface area contributed by atoms with Crippen LogP contribution in [0, 0.1) is 23.2 Å². The van der Waals surface area contributed by atoms with Gasteiger partial charge in [0.05, 0.1) is 0 Å². The number of aliphatic hydroxyl groups is 1. The molecule has 0 saturated heterocycles. The number of fused-ring (bicyclic) bond motifs is 5. The normalized spacial score (nSPS) is 47.2. The third kappa shape index (κ3) is 1.91. The summed E-state index contributed by atoms with van der Waals surface area (Å²) in [5.74, 6) is 1.21. The maximum absolute atomic E-state index is 12.3. The van der Waals surface area contributed by atoms with Crippen molar-refractivity contribution in [3.8, 4) is 0 Å². The number of methoxy groups -OCH3 is 1. The van der Waals surface area contributed by atoms with E-state index in [1.807, 2.05) is 6.08 Å². The summed E-state index contributed by atoms with van der Waals surface area (Å²) in [4.78, 5) is 12.3. The van der Waals surface area contributed by atoms with Gasteiger partial charge in [-0.2, -0.15) is 0 Å². The van der Waals surface area contributed by atoms with Gasteiger partial charge in [-0.15, -0.1) is 0 Å². The molecule has 0 bridgehead atoms. The molecule has 0 spiro atoms. The average molecular weight is 302 g/mol. The second-order valence-electron chi connectivity index (χ2n) is 7.92. The Bertz CT molecular complexity index is 575. The second kappa shape index (κ2) is 4.78. The molecule has 3 nitrogen and oxygen atoms in total. The molecule has 4 aliphatic carbocycles. The van der Waals surface area contributed by atoms with Gasteiger partial charge in [0.25, 0.3) is 0 Å². The van der Waals surface area contributed by atoms with Crippen LogP contribution in [-0.2, 0) is 9.53 Å². The van der Waals surface area contributed by atoms with E-state index in [9.17, 15) is 9.90 Å². The summed E-state index contributed by atoms with van der Waals surface area (Å²) >= 11 is 0. The van der Waals surface area contributed by atoms with E-state index in [1.54, 1.807) is 7.11 Å². The van der Waals surface area contributed by atoms with Crippen molar-refractivity contribution in [1.82, 2.24) is 0 Å². The molecule has 1 N–H and O–H groups in total. The third-order valence-corrected chi connectivity index (χ3v) is 7.03. The number of ketones is 1. The molecule has 0 aliphatic heterocycles. The van der Waals surface area contributed by atoms with Gasteiger partial charge in [0.2, 0.25) is 0 Å². The second-order valence-corrected chi connectivity index (χ2v) is 7.92. The first kappa shape index (κ1) is 14.6. The van der Waals surface area contributed by atoms with Crippen molar-refractivity contribution in [3.05, 3.63) is 23.3 Å². The Kier molecular flexibility index (Phi) is 3.18. The lowest BCUT2D eigenvalue weighted by Gasteiger charge is -2.50.